The number of carbonyl (C=O) groups excluding carboxylic acids is 1. The number of amides is 1. The molecule has 1 amide bonds. The van der Waals surface area contributed by atoms with Crippen LogP contribution in [0, 0.1) is 9.49 Å². The molecule has 0 bridgehead atoms. The molecule has 0 spiro atoms. The van der Waals surface area contributed by atoms with Crippen molar-refractivity contribution in [2.75, 3.05) is 13.1 Å². The summed E-state index contributed by atoms with van der Waals surface area (Å²) in [4.78, 5) is 13.9. The van der Waals surface area contributed by atoms with Gasteiger partial charge in [-0.05, 0) is 46.7 Å². The van der Waals surface area contributed by atoms with Gasteiger partial charge in [-0.3, -0.25) is 4.79 Å². The van der Waals surface area contributed by atoms with Gasteiger partial charge < -0.3 is 15.7 Å². The van der Waals surface area contributed by atoms with Crippen LogP contribution in [-0.4, -0.2) is 35.0 Å². The molecular weight excluding hydrogens is 331 g/mol. The van der Waals surface area contributed by atoms with Crippen LogP contribution in [0.4, 0.5) is 0 Å². The van der Waals surface area contributed by atoms with Gasteiger partial charge in [0, 0.05) is 24.7 Å². The minimum atomic E-state index is -0.0588. The number of carbonyl (C=O) groups is 1. The maximum atomic E-state index is 12.2. The fraction of sp³-hybridized carbons (Fsp3) is 0.417. The van der Waals surface area contributed by atoms with Gasteiger partial charge in [0.15, 0.2) is 0 Å². The van der Waals surface area contributed by atoms with Gasteiger partial charge in [-0.2, -0.15) is 0 Å². The van der Waals surface area contributed by atoms with Gasteiger partial charge in [-0.15, -0.1) is 0 Å². The molecular formula is C12H15IN2O2. The highest BCUT2D eigenvalue weighted by Crippen LogP contribution is 2.23. The summed E-state index contributed by atoms with van der Waals surface area (Å²) in [6, 6.07) is 5.04. The van der Waals surface area contributed by atoms with Crippen molar-refractivity contribution in [3.63, 3.8) is 0 Å². The molecule has 5 heteroatoms. The number of phenolic OH excluding ortho intramolecular Hbond substituents is 1. The van der Waals surface area contributed by atoms with Crippen LogP contribution >= 0.6 is 22.6 Å². The predicted molar refractivity (Wildman–Crippen MR) is 73.9 cm³/mol. The molecule has 1 fully saturated rings. The van der Waals surface area contributed by atoms with E-state index in [0.717, 1.165) is 3.57 Å². The number of hydrogen-bond acceptors (Lipinski definition) is 3. The number of likely N-dealkylation sites (tertiary alicyclic amines) is 1. The molecule has 0 aliphatic carbocycles. The standard InChI is InChI=1S/C12H15IN2O2/c1-7-5-15(6-10(7)14)12(17)8-2-3-9(13)11(16)4-8/h2-4,7,10,16H,5-6,14H2,1H3. The number of nitrogens with two attached hydrogens (primary N) is 1. The lowest BCUT2D eigenvalue weighted by molar-refractivity contribution is 0.0786. The monoisotopic (exact) mass is 346 g/mol. The molecule has 0 radical (unpaired) electrons. The Morgan fingerprint density at radius 1 is 1.53 bits per heavy atom. The lowest BCUT2D eigenvalue weighted by atomic mass is 10.1. The van der Waals surface area contributed by atoms with Crippen molar-refractivity contribution >= 4 is 28.5 Å². The summed E-state index contributed by atoms with van der Waals surface area (Å²) in [6.07, 6.45) is 0. The molecule has 1 saturated heterocycles. The van der Waals surface area contributed by atoms with E-state index in [-0.39, 0.29) is 17.7 Å². The molecule has 3 N–H and O–H groups in total. The zero-order valence-corrected chi connectivity index (χ0v) is 11.7. The first kappa shape index (κ1) is 12.6. The third-order valence-corrected chi connectivity index (χ3v) is 4.06. The third kappa shape index (κ3) is 2.55. The smallest absolute Gasteiger partial charge is 0.254 e. The second-order valence-electron chi connectivity index (χ2n) is 4.52. The number of halogens is 1. The number of nitrogens with zero attached hydrogens (tertiary/aromatic N) is 1. The second-order valence-corrected chi connectivity index (χ2v) is 5.68. The van der Waals surface area contributed by atoms with Crippen LogP contribution in [0.25, 0.3) is 0 Å². The topological polar surface area (TPSA) is 66.6 Å². The van der Waals surface area contributed by atoms with Gasteiger partial charge in [-0.25, -0.2) is 0 Å². The summed E-state index contributed by atoms with van der Waals surface area (Å²) < 4.78 is 0.741. The van der Waals surface area contributed by atoms with E-state index in [4.69, 9.17) is 5.73 Å². The van der Waals surface area contributed by atoms with Gasteiger partial charge in [0.1, 0.15) is 5.75 Å². The molecule has 17 heavy (non-hydrogen) atoms. The molecule has 1 aliphatic rings. The first-order valence-corrected chi connectivity index (χ1v) is 6.60. The van der Waals surface area contributed by atoms with Crippen molar-refractivity contribution < 1.29 is 9.90 Å². The summed E-state index contributed by atoms with van der Waals surface area (Å²) in [5.74, 6) is 0.417. The van der Waals surface area contributed by atoms with Crippen molar-refractivity contribution in [1.29, 1.82) is 0 Å². The maximum absolute atomic E-state index is 12.2. The highest BCUT2D eigenvalue weighted by Gasteiger charge is 2.30. The summed E-state index contributed by atoms with van der Waals surface area (Å²) >= 11 is 2.02. The first-order valence-electron chi connectivity index (χ1n) is 5.52. The summed E-state index contributed by atoms with van der Waals surface area (Å²) in [7, 11) is 0. The van der Waals surface area contributed by atoms with Crippen LogP contribution < -0.4 is 5.73 Å². The minimum Gasteiger partial charge on any atom is -0.507 e. The fourth-order valence-electron chi connectivity index (χ4n) is 1.99. The van der Waals surface area contributed by atoms with Crippen molar-refractivity contribution in [3.05, 3.63) is 27.3 Å². The molecule has 0 saturated carbocycles. The molecule has 0 aromatic heterocycles. The lowest BCUT2D eigenvalue weighted by Gasteiger charge is -2.16. The molecule has 2 unspecified atom stereocenters. The highest BCUT2D eigenvalue weighted by atomic mass is 127. The number of hydrogen-bond donors (Lipinski definition) is 2. The molecule has 1 heterocycles. The van der Waals surface area contributed by atoms with E-state index < -0.39 is 0 Å². The van der Waals surface area contributed by atoms with Crippen LogP contribution in [0.15, 0.2) is 18.2 Å². The van der Waals surface area contributed by atoms with Crippen LogP contribution in [0.1, 0.15) is 17.3 Å². The zero-order chi connectivity index (χ0) is 12.6. The Hall–Kier alpha value is -0.820. The molecule has 1 aromatic carbocycles. The van der Waals surface area contributed by atoms with Crippen LogP contribution in [0.2, 0.25) is 0 Å². The van der Waals surface area contributed by atoms with Crippen LogP contribution in [0.5, 0.6) is 5.75 Å². The van der Waals surface area contributed by atoms with Crippen molar-refractivity contribution in [2.24, 2.45) is 11.7 Å². The number of aromatic hydroxyl groups is 1. The van der Waals surface area contributed by atoms with E-state index in [9.17, 15) is 9.90 Å². The van der Waals surface area contributed by atoms with Gasteiger partial charge in [0.2, 0.25) is 0 Å². The highest BCUT2D eigenvalue weighted by molar-refractivity contribution is 14.1. The number of benzene rings is 1. The number of rotatable bonds is 1. The molecule has 4 nitrogen and oxygen atoms in total. The number of phenols is 1. The van der Waals surface area contributed by atoms with Crippen LogP contribution in [-0.2, 0) is 0 Å². The lowest BCUT2D eigenvalue weighted by Crippen LogP contribution is -2.32. The zero-order valence-electron chi connectivity index (χ0n) is 9.56. The summed E-state index contributed by atoms with van der Waals surface area (Å²) in [5, 5.41) is 9.59. The third-order valence-electron chi connectivity index (χ3n) is 3.15. The van der Waals surface area contributed by atoms with Crippen LogP contribution in [0.3, 0.4) is 0 Å². The Morgan fingerprint density at radius 3 is 2.76 bits per heavy atom. The predicted octanol–water partition coefficient (Wildman–Crippen LogP) is 1.42. The average molecular weight is 346 g/mol. The first-order chi connectivity index (χ1) is 7.99. The van der Waals surface area contributed by atoms with Gasteiger partial charge in [-0.1, -0.05) is 6.92 Å². The normalized spacial score (nSPS) is 24.1. The molecule has 2 rings (SSSR count). The van der Waals surface area contributed by atoms with Gasteiger partial charge >= 0.3 is 0 Å². The summed E-state index contributed by atoms with van der Waals surface area (Å²) in [5.41, 5.74) is 6.41. The van der Waals surface area contributed by atoms with E-state index in [2.05, 4.69) is 0 Å². The van der Waals surface area contributed by atoms with Crippen molar-refractivity contribution in [3.8, 4) is 5.75 Å². The molecule has 1 aromatic rings. The van der Waals surface area contributed by atoms with E-state index in [1.807, 2.05) is 29.5 Å². The van der Waals surface area contributed by atoms with Gasteiger partial charge in [0.25, 0.3) is 5.91 Å². The molecule has 92 valence electrons. The molecule has 2 atom stereocenters. The Kier molecular flexibility index (Phi) is 3.58. The quantitative estimate of drug-likeness (QED) is 0.756. The Labute approximate surface area is 114 Å². The van der Waals surface area contributed by atoms with Gasteiger partial charge in [0.05, 0.1) is 3.57 Å². The Morgan fingerprint density at radius 2 is 2.24 bits per heavy atom. The average Bonchev–Trinajstić information content (AvgIpc) is 2.62. The van der Waals surface area contributed by atoms with E-state index in [1.165, 1.54) is 6.07 Å². The Balaban J connectivity index is 2.17. The SMILES string of the molecule is CC1CN(C(=O)c2ccc(I)c(O)c2)CC1N. The maximum Gasteiger partial charge on any atom is 0.254 e. The van der Waals surface area contributed by atoms with E-state index in [0.29, 0.717) is 24.6 Å². The van der Waals surface area contributed by atoms with E-state index >= 15 is 0 Å². The van der Waals surface area contributed by atoms with Crippen molar-refractivity contribution in [2.45, 2.75) is 13.0 Å². The van der Waals surface area contributed by atoms with Crippen molar-refractivity contribution in [1.82, 2.24) is 4.90 Å². The second kappa shape index (κ2) is 4.81. The minimum absolute atomic E-state index is 0.0522. The Bertz CT molecular complexity index is 440. The van der Waals surface area contributed by atoms with E-state index in [1.54, 1.807) is 17.0 Å². The summed E-state index contributed by atoms with van der Waals surface area (Å²) in [6.45, 7) is 3.32. The molecule has 1 aliphatic heterocycles. The largest absolute Gasteiger partial charge is 0.507 e. The fourth-order valence-corrected chi connectivity index (χ4v) is 2.32.